The third-order valence-corrected chi connectivity index (χ3v) is 11.5. The molecule has 0 bridgehead atoms. The number of nitrogens with one attached hydrogen (secondary N) is 2. The summed E-state index contributed by atoms with van der Waals surface area (Å²) in [5.41, 5.74) is 0.934. The van der Waals surface area contributed by atoms with Crippen LogP contribution in [0.25, 0.3) is 0 Å². The topological polar surface area (TPSA) is 160 Å². The zero-order valence-corrected chi connectivity index (χ0v) is 25.3. The van der Waals surface area contributed by atoms with Crippen LogP contribution in [-0.4, -0.2) is 57.8 Å². The highest BCUT2D eigenvalue weighted by Crippen LogP contribution is 2.42. The quantitative estimate of drug-likeness (QED) is 0.365. The molecule has 2 aliphatic heterocycles. The molecule has 2 aromatic rings. The molecular weight excluding hydrogens is 568 g/mol. The van der Waals surface area contributed by atoms with Crippen LogP contribution in [0.5, 0.6) is 5.75 Å². The molecule has 1 saturated heterocycles. The minimum absolute atomic E-state index is 0.00277. The lowest BCUT2D eigenvalue weighted by molar-refractivity contribution is -0.356. The van der Waals surface area contributed by atoms with E-state index in [1.165, 1.54) is 9.69 Å². The first-order valence-electron chi connectivity index (χ1n) is 12.5. The van der Waals surface area contributed by atoms with Gasteiger partial charge in [0.05, 0.1) is 11.7 Å². The van der Waals surface area contributed by atoms with Crippen molar-refractivity contribution in [1.29, 1.82) is 0 Å². The van der Waals surface area contributed by atoms with E-state index >= 15 is 0 Å². The zero-order valence-electron chi connectivity index (χ0n) is 22.8. The maximum Gasteiger partial charge on any atom is 0.287 e. The SMILES string of the molecule is CCN(CC)S(=O)(=O)c1scc(NC2=C(C3OC(C)O3)S(=O)(=O)N=C2N[C@@H](c2cc(C)c(C)o2)C(C)C)c1O. The first-order chi connectivity index (χ1) is 18.2. The van der Waals surface area contributed by atoms with Gasteiger partial charge in [0.2, 0.25) is 6.29 Å². The molecule has 0 saturated carbocycles. The number of hydrogen-bond acceptors (Lipinski definition) is 11. The van der Waals surface area contributed by atoms with E-state index in [1.54, 1.807) is 20.8 Å². The van der Waals surface area contributed by atoms with Crippen molar-refractivity contribution in [2.45, 2.75) is 71.3 Å². The Hall–Kier alpha value is -2.43. The van der Waals surface area contributed by atoms with Crippen LogP contribution in [0.1, 0.15) is 57.7 Å². The Balaban J connectivity index is 1.76. The molecular formula is C24H34N4O8S3. The molecule has 0 aliphatic carbocycles. The van der Waals surface area contributed by atoms with Crippen molar-refractivity contribution < 1.29 is 35.8 Å². The first kappa shape index (κ1) is 29.6. The van der Waals surface area contributed by atoms with Crippen molar-refractivity contribution in [1.82, 2.24) is 9.62 Å². The molecule has 2 aromatic heterocycles. The molecule has 4 heterocycles. The molecule has 12 nitrogen and oxygen atoms in total. The summed E-state index contributed by atoms with van der Waals surface area (Å²) in [6.07, 6.45) is -1.84. The number of nitrogens with zero attached hydrogens (tertiary/aromatic N) is 2. The lowest BCUT2D eigenvalue weighted by Gasteiger charge is -2.34. The fraction of sp³-hybridized carbons (Fsp3) is 0.542. The van der Waals surface area contributed by atoms with Crippen LogP contribution in [0.3, 0.4) is 0 Å². The number of sulfonamides is 2. The van der Waals surface area contributed by atoms with Gasteiger partial charge in [-0.15, -0.1) is 15.7 Å². The van der Waals surface area contributed by atoms with E-state index in [4.69, 9.17) is 13.9 Å². The van der Waals surface area contributed by atoms with Crippen molar-refractivity contribution in [3.05, 3.63) is 39.1 Å². The second-order valence-electron chi connectivity index (χ2n) is 9.58. The largest absolute Gasteiger partial charge is 0.504 e. The predicted octanol–water partition coefficient (Wildman–Crippen LogP) is 3.77. The molecule has 1 atom stereocenters. The van der Waals surface area contributed by atoms with Gasteiger partial charge in [0.25, 0.3) is 20.0 Å². The van der Waals surface area contributed by atoms with E-state index < -0.39 is 44.4 Å². The van der Waals surface area contributed by atoms with E-state index in [1.807, 2.05) is 33.8 Å². The normalized spacial score (nSPS) is 21.8. The predicted molar refractivity (Wildman–Crippen MR) is 147 cm³/mol. The van der Waals surface area contributed by atoms with Gasteiger partial charge in [-0.1, -0.05) is 27.7 Å². The minimum Gasteiger partial charge on any atom is -0.504 e. The van der Waals surface area contributed by atoms with E-state index in [9.17, 15) is 21.9 Å². The summed E-state index contributed by atoms with van der Waals surface area (Å²) in [6.45, 7) is 13.1. The average Bonchev–Trinajstić information content (AvgIpc) is 3.43. The first-order valence-corrected chi connectivity index (χ1v) is 16.3. The summed E-state index contributed by atoms with van der Waals surface area (Å²) >= 11 is 0.824. The van der Waals surface area contributed by atoms with Crippen LogP contribution in [0.4, 0.5) is 5.69 Å². The van der Waals surface area contributed by atoms with E-state index in [0.717, 1.165) is 22.7 Å². The fourth-order valence-corrected chi connectivity index (χ4v) is 8.37. The van der Waals surface area contributed by atoms with Gasteiger partial charge < -0.3 is 29.6 Å². The highest BCUT2D eigenvalue weighted by atomic mass is 32.2. The van der Waals surface area contributed by atoms with E-state index in [2.05, 4.69) is 15.0 Å². The van der Waals surface area contributed by atoms with Gasteiger partial charge in [0.1, 0.15) is 22.1 Å². The lowest BCUT2D eigenvalue weighted by atomic mass is 10.0. The summed E-state index contributed by atoms with van der Waals surface area (Å²) in [5.74, 6) is 0.735. The van der Waals surface area contributed by atoms with Gasteiger partial charge in [-0.3, -0.25) is 0 Å². The van der Waals surface area contributed by atoms with E-state index in [-0.39, 0.29) is 45.3 Å². The van der Waals surface area contributed by atoms with Crippen molar-refractivity contribution in [2.24, 2.45) is 10.3 Å². The molecule has 15 heteroatoms. The van der Waals surface area contributed by atoms with E-state index in [0.29, 0.717) is 5.76 Å². The number of rotatable bonds is 10. The molecule has 3 N–H and O–H groups in total. The molecule has 0 amide bonds. The standard InChI is InChI=1S/C24H34N4O8S3/c1-8-28(9-2)39(32,33)24-20(29)16(11-37-24)25-19-21(23-35-15(7)36-23)38(30,31)27-22(19)26-18(12(3)4)17-10-13(5)14(6)34-17/h10-12,15,18,23,25,29H,8-9H2,1-7H3,(H,26,27)/t15?,18-,23?/m1/s1. The number of furan rings is 1. The third-order valence-electron chi connectivity index (χ3n) is 6.54. The maximum atomic E-state index is 13.2. The number of aromatic hydroxyl groups is 1. The monoisotopic (exact) mass is 602 g/mol. The second-order valence-corrected chi connectivity index (χ2v) is 14.2. The Morgan fingerprint density at radius 1 is 1.21 bits per heavy atom. The summed E-state index contributed by atoms with van der Waals surface area (Å²) < 4.78 is 74.4. The number of amidine groups is 1. The van der Waals surface area contributed by atoms with Crippen LogP contribution in [0.15, 0.2) is 35.1 Å². The van der Waals surface area contributed by atoms with Crippen molar-refractivity contribution in [3.63, 3.8) is 0 Å². The summed E-state index contributed by atoms with van der Waals surface area (Å²) in [4.78, 5) is -0.281. The molecule has 0 aromatic carbocycles. The van der Waals surface area contributed by atoms with Crippen molar-refractivity contribution >= 4 is 42.9 Å². The molecule has 2 aliphatic rings. The smallest absolute Gasteiger partial charge is 0.287 e. The second kappa shape index (κ2) is 10.9. The van der Waals surface area contributed by atoms with Crippen LogP contribution >= 0.6 is 11.3 Å². The number of aryl methyl sites for hydroxylation is 2. The summed E-state index contributed by atoms with van der Waals surface area (Å²) in [6, 6.07) is 1.42. The number of hydrogen-bond donors (Lipinski definition) is 3. The molecule has 4 rings (SSSR count). The van der Waals surface area contributed by atoms with Gasteiger partial charge in [-0.05, 0) is 38.3 Å². The Morgan fingerprint density at radius 3 is 2.36 bits per heavy atom. The van der Waals surface area contributed by atoms with Crippen LogP contribution < -0.4 is 10.6 Å². The molecule has 0 spiro atoms. The highest BCUT2D eigenvalue weighted by Gasteiger charge is 2.45. The van der Waals surface area contributed by atoms with Gasteiger partial charge in [0, 0.05) is 18.5 Å². The summed E-state index contributed by atoms with van der Waals surface area (Å²) in [5, 5.41) is 18.4. The zero-order chi connectivity index (χ0) is 28.9. The molecule has 216 valence electrons. The molecule has 0 unspecified atom stereocenters. The molecule has 39 heavy (non-hydrogen) atoms. The minimum atomic E-state index is -4.24. The van der Waals surface area contributed by atoms with Crippen LogP contribution in [0.2, 0.25) is 0 Å². The average molecular weight is 603 g/mol. The number of thiophene rings is 1. The maximum absolute atomic E-state index is 13.2. The Kier molecular flexibility index (Phi) is 8.23. The molecule has 1 fully saturated rings. The fourth-order valence-electron chi connectivity index (χ4n) is 4.29. The van der Waals surface area contributed by atoms with Gasteiger partial charge in [-0.25, -0.2) is 8.42 Å². The Morgan fingerprint density at radius 2 is 1.85 bits per heavy atom. The van der Waals surface area contributed by atoms with Gasteiger partial charge in [-0.2, -0.15) is 12.7 Å². The van der Waals surface area contributed by atoms with Crippen molar-refractivity contribution in [3.8, 4) is 5.75 Å². The summed E-state index contributed by atoms with van der Waals surface area (Å²) in [7, 11) is -8.20. The Bertz CT molecular complexity index is 1490. The number of anilines is 1. The van der Waals surface area contributed by atoms with Crippen LogP contribution in [-0.2, 0) is 29.5 Å². The third kappa shape index (κ3) is 5.47. The van der Waals surface area contributed by atoms with Crippen molar-refractivity contribution in [2.75, 3.05) is 18.4 Å². The lowest BCUT2D eigenvalue weighted by Crippen LogP contribution is -2.42. The van der Waals surface area contributed by atoms with Gasteiger partial charge in [0.15, 0.2) is 22.1 Å². The highest BCUT2D eigenvalue weighted by molar-refractivity contribution is 7.94. The number of ether oxygens (including phenoxy) is 2. The van der Waals surface area contributed by atoms with Crippen LogP contribution in [0, 0.1) is 19.8 Å². The van der Waals surface area contributed by atoms with Gasteiger partial charge >= 0.3 is 0 Å². The Labute approximate surface area is 232 Å². The molecule has 0 radical (unpaired) electrons.